The molecular formula is C10H20N2. The molecule has 0 aromatic carbocycles. The highest BCUT2D eigenvalue weighted by atomic mass is 15.2. The van der Waals surface area contributed by atoms with E-state index in [4.69, 9.17) is 5.73 Å². The minimum Gasteiger partial charge on any atom is -0.329 e. The van der Waals surface area contributed by atoms with Gasteiger partial charge in [-0.05, 0) is 45.1 Å². The lowest BCUT2D eigenvalue weighted by molar-refractivity contribution is 0.0967. The predicted molar refractivity (Wildman–Crippen MR) is 50.9 cm³/mol. The van der Waals surface area contributed by atoms with Crippen LogP contribution in [0.5, 0.6) is 0 Å². The quantitative estimate of drug-likeness (QED) is 0.668. The predicted octanol–water partition coefficient (Wildman–Crippen LogP) is 1.07. The molecule has 2 fully saturated rings. The van der Waals surface area contributed by atoms with Crippen LogP contribution in [-0.2, 0) is 0 Å². The third kappa shape index (κ3) is 1.38. The number of rotatable bonds is 2. The van der Waals surface area contributed by atoms with Gasteiger partial charge in [0.25, 0.3) is 0 Å². The van der Waals surface area contributed by atoms with Crippen molar-refractivity contribution in [2.75, 3.05) is 19.6 Å². The topological polar surface area (TPSA) is 29.3 Å². The Labute approximate surface area is 75.1 Å². The minimum atomic E-state index is 0.230. The Hall–Kier alpha value is -0.0800. The van der Waals surface area contributed by atoms with E-state index in [1.54, 1.807) is 0 Å². The van der Waals surface area contributed by atoms with Crippen LogP contribution in [0.3, 0.4) is 0 Å². The van der Waals surface area contributed by atoms with E-state index in [1.165, 1.54) is 25.9 Å². The van der Waals surface area contributed by atoms with Crippen molar-refractivity contribution in [3.63, 3.8) is 0 Å². The summed E-state index contributed by atoms with van der Waals surface area (Å²) in [6, 6.07) is 0. The molecular weight excluding hydrogens is 148 g/mol. The van der Waals surface area contributed by atoms with E-state index in [1.807, 2.05) is 0 Å². The van der Waals surface area contributed by atoms with Crippen LogP contribution in [0.1, 0.15) is 26.7 Å². The number of fused-ring (bicyclic) bond motifs is 1. The first kappa shape index (κ1) is 8.52. The van der Waals surface area contributed by atoms with Gasteiger partial charge < -0.3 is 5.73 Å². The van der Waals surface area contributed by atoms with Crippen LogP contribution < -0.4 is 5.73 Å². The van der Waals surface area contributed by atoms with Crippen molar-refractivity contribution in [2.45, 2.75) is 32.2 Å². The molecule has 2 heteroatoms. The van der Waals surface area contributed by atoms with E-state index >= 15 is 0 Å². The van der Waals surface area contributed by atoms with Gasteiger partial charge in [-0.15, -0.1) is 0 Å². The zero-order chi connectivity index (χ0) is 8.77. The molecule has 2 N–H and O–H groups in total. The van der Waals surface area contributed by atoms with Gasteiger partial charge in [0.2, 0.25) is 0 Å². The van der Waals surface area contributed by atoms with E-state index in [2.05, 4.69) is 18.7 Å². The fraction of sp³-hybridized carbons (Fsp3) is 1.00. The molecule has 0 amide bonds. The first-order valence-corrected chi connectivity index (χ1v) is 5.08. The maximum atomic E-state index is 5.75. The first-order valence-electron chi connectivity index (χ1n) is 5.08. The van der Waals surface area contributed by atoms with Crippen molar-refractivity contribution in [3.05, 3.63) is 0 Å². The Morgan fingerprint density at radius 2 is 2.17 bits per heavy atom. The average Bonchev–Trinajstić information content (AvgIpc) is 2.81. The zero-order valence-electron chi connectivity index (χ0n) is 8.21. The molecule has 1 saturated heterocycles. The maximum Gasteiger partial charge on any atom is 0.0275 e. The number of piperidine rings is 1. The molecule has 0 aromatic rings. The molecule has 0 aromatic heterocycles. The molecule has 2 nitrogen and oxygen atoms in total. The third-order valence-corrected chi connectivity index (χ3v) is 3.65. The minimum absolute atomic E-state index is 0.230. The van der Waals surface area contributed by atoms with Gasteiger partial charge in [-0.25, -0.2) is 0 Å². The summed E-state index contributed by atoms with van der Waals surface area (Å²) in [5.41, 5.74) is 5.98. The smallest absolute Gasteiger partial charge is 0.0275 e. The third-order valence-electron chi connectivity index (χ3n) is 3.65. The highest BCUT2D eigenvalue weighted by molar-refractivity contribution is 4.97. The van der Waals surface area contributed by atoms with E-state index < -0.39 is 0 Å². The standard InChI is InChI=1S/C10H20N2/c1-10(2,7-11)12-4-3-8-5-9(8)6-12/h8-9H,3-7,11H2,1-2H3. The summed E-state index contributed by atoms with van der Waals surface area (Å²) in [6.45, 7) is 7.87. The summed E-state index contributed by atoms with van der Waals surface area (Å²) in [5.74, 6) is 2.10. The van der Waals surface area contributed by atoms with Gasteiger partial charge in [-0.3, -0.25) is 4.90 Å². The molecule has 1 heterocycles. The average molecular weight is 168 g/mol. The second-order valence-corrected chi connectivity index (χ2v) is 5.01. The lowest BCUT2D eigenvalue weighted by Crippen LogP contribution is -2.51. The van der Waals surface area contributed by atoms with Crippen LogP contribution in [0, 0.1) is 11.8 Å². The Morgan fingerprint density at radius 3 is 2.75 bits per heavy atom. The van der Waals surface area contributed by atoms with Crippen LogP contribution in [0.25, 0.3) is 0 Å². The number of hydrogen-bond donors (Lipinski definition) is 1. The number of nitrogens with two attached hydrogens (primary N) is 1. The molecule has 2 unspecified atom stereocenters. The highest BCUT2D eigenvalue weighted by Crippen LogP contribution is 2.46. The molecule has 70 valence electrons. The fourth-order valence-electron chi connectivity index (χ4n) is 2.26. The fourth-order valence-corrected chi connectivity index (χ4v) is 2.26. The molecule has 0 bridgehead atoms. The van der Waals surface area contributed by atoms with E-state index in [-0.39, 0.29) is 5.54 Å². The number of hydrogen-bond acceptors (Lipinski definition) is 2. The van der Waals surface area contributed by atoms with Gasteiger partial charge in [0.1, 0.15) is 0 Å². The van der Waals surface area contributed by atoms with Gasteiger partial charge in [-0.2, -0.15) is 0 Å². The van der Waals surface area contributed by atoms with Crippen molar-refractivity contribution in [2.24, 2.45) is 17.6 Å². The summed E-state index contributed by atoms with van der Waals surface area (Å²) in [6.07, 6.45) is 2.89. The van der Waals surface area contributed by atoms with Crippen LogP contribution in [0.15, 0.2) is 0 Å². The van der Waals surface area contributed by atoms with Crippen LogP contribution in [0.2, 0.25) is 0 Å². The molecule has 1 aliphatic heterocycles. The van der Waals surface area contributed by atoms with E-state index in [9.17, 15) is 0 Å². The van der Waals surface area contributed by atoms with E-state index in [0.717, 1.165) is 18.4 Å². The Bertz CT molecular complexity index is 177. The molecule has 1 aliphatic carbocycles. The van der Waals surface area contributed by atoms with Gasteiger partial charge in [-0.1, -0.05) is 0 Å². The van der Waals surface area contributed by atoms with E-state index in [0.29, 0.717) is 0 Å². The van der Waals surface area contributed by atoms with Gasteiger partial charge >= 0.3 is 0 Å². The lowest BCUT2D eigenvalue weighted by Gasteiger charge is -2.40. The van der Waals surface area contributed by atoms with Crippen molar-refractivity contribution < 1.29 is 0 Å². The van der Waals surface area contributed by atoms with Crippen LogP contribution >= 0.6 is 0 Å². The maximum absolute atomic E-state index is 5.75. The second-order valence-electron chi connectivity index (χ2n) is 5.01. The van der Waals surface area contributed by atoms with Crippen molar-refractivity contribution in [3.8, 4) is 0 Å². The molecule has 0 spiro atoms. The van der Waals surface area contributed by atoms with Crippen molar-refractivity contribution >= 4 is 0 Å². The molecule has 12 heavy (non-hydrogen) atoms. The summed E-state index contributed by atoms with van der Waals surface area (Å²) in [4.78, 5) is 2.57. The Morgan fingerprint density at radius 1 is 1.42 bits per heavy atom. The summed E-state index contributed by atoms with van der Waals surface area (Å²) >= 11 is 0. The Kier molecular flexibility index (Phi) is 1.92. The molecule has 2 atom stereocenters. The SMILES string of the molecule is CC(C)(CN)N1CCC2CC2C1. The second kappa shape index (κ2) is 2.71. The van der Waals surface area contributed by atoms with Crippen molar-refractivity contribution in [1.82, 2.24) is 4.90 Å². The van der Waals surface area contributed by atoms with Crippen LogP contribution in [0.4, 0.5) is 0 Å². The van der Waals surface area contributed by atoms with Crippen LogP contribution in [-0.4, -0.2) is 30.1 Å². The summed E-state index contributed by atoms with van der Waals surface area (Å²) in [5, 5.41) is 0. The molecule has 0 radical (unpaired) electrons. The Balaban J connectivity index is 1.95. The molecule has 1 saturated carbocycles. The van der Waals surface area contributed by atoms with Gasteiger partial charge in [0.15, 0.2) is 0 Å². The highest BCUT2D eigenvalue weighted by Gasteiger charge is 2.44. The largest absolute Gasteiger partial charge is 0.329 e. The van der Waals surface area contributed by atoms with Crippen molar-refractivity contribution in [1.29, 1.82) is 0 Å². The van der Waals surface area contributed by atoms with Gasteiger partial charge in [0.05, 0.1) is 0 Å². The van der Waals surface area contributed by atoms with Gasteiger partial charge in [0, 0.05) is 18.6 Å². The number of likely N-dealkylation sites (tertiary alicyclic amines) is 1. The zero-order valence-corrected chi connectivity index (χ0v) is 8.21. The summed E-state index contributed by atoms with van der Waals surface area (Å²) < 4.78 is 0. The number of nitrogens with zero attached hydrogens (tertiary/aromatic N) is 1. The molecule has 2 rings (SSSR count). The lowest BCUT2D eigenvalue weighted by atomic mass is 9.99. The first-order chi connectivity index (χ1) is 5.63. The summed E-state index contributed by atoms with van der Waals surface area (Å²) in [7, 11) is 0. The monoisotopic (exact) mass is 168 g/mol. The molecule has 2 aliphatic rings. The normalized spacial score (nSPS) is 36.2.